The van der Waals surface area contributed by atoms with Gasteiger partial charge in [-0.2, -0.15) is 5.10 Å². The molecule has 0 spiro atoms. The summed E-state index contributed by atoms with van der Waals surface area (Å²) >= 11 is 0. The number of hydrogen-bond acceptors (Lipinski definition) is 2. The lowest BCUT2D eigenvalue weighted by atomic mass is 10.0. The number of aliphatic hydroxyl groups excluding tert-OH is 1. The highest BCUT2D eigenvalue weighted by molar-refractivity contribution is 5.19. The molecule has 1 N–H and O–H groups in total. The van der Waals surface area contributed by atoms with E-state index in [1.54, 1.807) is 0 Å². The van der Waals surface area contributed by atoms with Gasteiger partial charge in [0.15, 0.2) is 0 Å². The maximum atomic E-state index is 10.3. The van der Waals surface area contributed by atoms with Gasteiger partial charge >= 0.3 is 0 Å². The molecule has 1 aromatic heterocycles. The standard InChI is InChI=1S/C17H32N2O/c1-4-6-7-8-9-10-11-12-13-17(20)15-14-19(3)18-16(15)5-2/h14,17,20H,4-13H2,1-3H3. The molecular formula is C17H32N2O. The van der Waals surface area contributed by atoms with Crippen molar-refractivity contribution in [1.29, 1.82) is 0 Å². The van der Waals surface area contributed by atoms with Crippen molar-refractivity contribution in [2.45, 2.75) is 84.2 Å². The molecule has 3 heteroatoms. The molecule has 1 heterocycles. The Bertz CT molecular complexity index is 360. The fourth-order valence-corrected chi connectivity index (χ4v) is 2.73. The van der Waals surface area contributed by atoms with Crippen molar-refractivity contribution in [2.75, 3.05) is 0 Å². The van der Waals surface area contributed by atoms with Gasteiger partial charge in [0.05, 0.1) is 11.8 Å². The second-order valence-electron chi connectivity index (χ2n) is 5.84. The molecule has 116 valence electrons. The summed E-state index contributed by atoms with van der Waals surface area (Å²) in [6, 6.07) is 0. The van der Waals surface area contributed by atoms with Crippen molar-refractivity contribution in [3.8, 4) is 0 Å². The van der Waals surface area contributed by atoms with E-state index >= 15 is 0 Å². The number of aromatic nitrogens is 2. The molecule has 20 heavy (non-hydrogen) atoms. The molecule has 1 aromatic rings. The van der Waals surface area contributed by atoms with Crippen molar-refractivity contribution in [3.63, 3.8) is 0 Å². The number of nitrogens with zero attached hydrogens (tertiary/aromatic N) is 2. The average molecular weight is 280 g/mol. The van der Waals surface area contributed by atoms with Crippen LogP contribution in [-0.4, -0.2) is 14.9 Å². The normalized spacial score (nSPS) is 12.8. The molecule has 0 aliphatic rings. The fraction of sp³-hybridized carbons (Fsp3) is 0.824. The molecule has 0 saturated carbocycles. The third-order valence-electron chi connectivity index (χ3n) is 3.96. The van der Waals surface area contributed by atoms with E-state index in [1.807, 2.05) is 17.9 Å². The van der Waals surface area contributed by atoms with Crippen molar-refractivity contribution in [2.24, 2.45) is 7.05 Å². The lowest BCUT2D eigenvalue weighted by molar-refractivity contribution is 0.162. The maximum absolute atomic E-state index is 10.3. The first-order valence-corrected chi connectivity index (χ1v) is 8.39. The molecular weight excluding hydrogens is 248 g/mol. The number of aliphatic hydroxyl groups is 1. The van der Waals surface area contributed by atoms with E-state index in [4.69, 9.17) is 0 Å². The highest BCUT2D eigenvalue weighted by Gasteiger charge is 2.14. The second-order valence-corrected chi connectivity index (χ2v) is 5.84. The summed E-state index contributed by atoms with van der Waals surface area (Å²) in [4.78, 5) is 0. The Morgan fingerprint density at radius 2 is 1.65 bits per heavy atom. The molecule has 0 aliphatic carbocycles. The summed E-state index contributed by atoms with van der Waals surface area (Å²) in [6.07, 6.45) is 13.9. The molecule has 0 aromatic carbocycles. The van der Waals surface area contributed by atoms with Gasteiger partial charge < -0.3 is 5.11 Å². The van der Waals surface area contributed by atoms with E-state index in [9.17, 15) is 5.11 Å². The molecule has 0 saturated heterocycles. The van der Waals surface area contributed by atoms with E-state index in [-0.39, 0.29) is 6.10 Å². The SMILES string of the molecule is CCCCCCCCCCC(O)c1cn(C)nc1CC. The summed E-state index contributed by atoms with van der Waals surface area (Å²) in [6.45, 7) is 4.35. The zero-order chi connectivity index (χ0) is 14.8. The molecule has 0 radical (unpaired) electrons. The molecule has 0 bridgehead atoms. The predicted molar refractivity (Wildman–Crippen MR) is 84.8 cm³/mol. The van der Waals surface area contributed by atoms with Crippen molar-refractivity contribution < 1.29 is 5.11 Å². The molecule has 0 amide bonds. The lowest BCUT2D eigenvalue weighted by Gasteiger charge is -2.10. The molecule has 1 unspecified atom stereocenters. The maximum Gasteiger partial charge on any atom is 0.0823 e. The average Bonchev–Trinajstić information content (AvgIpc) is 2.83. The van der Waals surface area contributed by atoms with E-state index < -0.39 is 0 Å². The van der Waals surface area contributed by atoms with E-state index in [1.165, 1.54) is 44.9 Å². The van der Waals surface area contributed by atoms with Gasteiger partial charge in [0.1, 0.15) is 0 Å². The van der Waals surface area contributed by atoms with Crippen molar-refractivity contribution in [3.05, 3.63) is 17.5 Å². The summed E-state index contributed by atoms with van der Waals surface area (Å²) < 4.78 is 1.81. The molecule has 1 atom stereocenters. The third-order valence-corrected chi connectivity index (χ3v) is 3.96. The van der Waals surface area contributed by atoms with Gasteiger partial charge in [-0.15, -0.1) is 0 Å². The van der Waals surface area contributed by atoms with Crippen LogP contribution >= 0.6 is 0 Å². The first kappa shape index (κ1) is 17.2. The van der Waals surface area contributed by atoms with Gasteiger partial charge in [-0.05, 0) is 12.8 Å². The van der Waals surface area contributed by atoms with E-state index in [2.05, 4.69) is 18.9 Å². The van der Waals surface area contributed by atoms with Crippen LogP contribution in [-0.2, 0) is 13.5 Å². The smallest absolute Gasteiger partial charge is 0.0823 e. The largest absolute Gasteiger partial charge is 0.388 e. The number of rotatable bonds is 11. The number of hydrogen-bond donors (Lipinski definition) is 1. The topological polar surface area (TPSA) is 38.0 Å². The van der Waals surface area contributed by atoms with Gasteiger partial charge in [0.2, 0.25) is 0 Å². The van der Waals surface area contributed by atoms with Crippen LogP contribution in [0, 0.1) is 0 Å². The van der Waals surface area contributed by atoms with Gasteiger partial charge in [0.25, 0.3) is 0 Å². The van der Waals surface area contributed by atoms with Crippen LogP contribution in [0.4, 0.5) is 0 Å². The van der Waals surface area contributed by atoms with Crippen LogP contribution in [0.25, 0.3) is 0 Å². The Morgan fingerprint density at radius 1 is 1.05 bits per heavy atom. The van der Waals surface area contributed by atoms with Crippen LogP contribution in [0.3, 0.4) is 0 Å². The summed E-state index contributed by atoms with van der Waals surface area (Å²) in [5, 5.41) is 14.7. The van der Waals surface area contributed by atoms with Crippen LogP contribution in [0.2, 0.25) is 0 Å². The second kappa shape index (κ2) is 9.98. The zero-order valence-corrected chi connectivity index (χ0v) is 13.6. The number of aryl methyl sites for hydroxylation is 2. The first-order valence-electron chi connectivity index (χ1n) is 8.39. The summed E-state index contributed by atoms with van der Waals surface area (Å²) in [7, 11) is 1.92. The molecule has 0 fully saturated rings. The Hall–Kier alpha value is -0.830. The van der Waals surface area contributed by atoms with Crippen molar-refractivity contribution in [1.82, 2.24) is 9.78 Å². The number of unbranched alkanes of at least 4 members (excludes halogenated alkanes) is 7. The first-order chi connectivity index (χ1) is 9.69. The minimum Gasteiger partial charge on any atom is -0.388 e. The van der Waals surface area contributed by atoms with Crippen LogP contribution in [0.1, 0.15) is 89.0 Å². The molecule has 0 aliphatic heterocycles. The zero-order valence-electron chi connectivity index (χ0n) is 13.6. The highest BCUT2D eigenvalue weighted by Crippen LogP contribution is 2.23. The summed E-state index contributed by atoms with van der Waals surface area (Å²) in [5.74, 6) is 0. The van der Waals surface area contributed by atoms with E-state index in [0.29, 0.717) is 0 Å². The Morgan fingerprint density at radius 3 is 2.25 bits per heavy atom. The van der Waals surface area contributed by atoms with Crippen molar-refractivity contribution >= 4 is 0 Å². The fourth-order valence-electron chi connectivity index (χ4n) is 2.73. The van der Waals surface area contributed by atoms with Crippen LogP contribution in [0.5, 0.6) is 0 Å². The predicted octanol–water partition coefficient (Wildman–Crippen LogP) is 4.55. The Balaban J connectivity index is 2.15. The van der Waals surface area contributed by atoms with Gasteiger partial charge in [-0.3, -0.25) is 4.68 Å². The highest BCUT2D eigenvalue weighted by atomic mass is 16.3. The van der Waals surface area contributed by atoms with Gasteiger partial charge in [0, 0.05) is 18.8 Å². The Labute approximate surface area is 124 Å². The van der Waals surface area contributed by atoms with Gasteiger partial charge in [-0.1, -0.05) is 65.2 Å². The summed E-state index contributed by atoms with van der Waals surface area (Å²) in [5.41, 5.74) is 2.07. The monoisotopic (exact) mass is 280 g/mol. The quantitative estimate of drug-likeness (QED) is 0.604. The molecule has 1 rings (SSSR count). The molecule has 3 nitrogen and oxygen atoms in total. The lowest BCUT2D eigenvalue weighted by Crippen LogP contribution is -1.99. The van der Waals surface area contributed by atoms with E-state index in [0.717, 1.165) is 30.5 Å². The minimum absolute atomic E-state index is 0.334. The van der Waals surface area contributed by atoms with Gasteiger partial charge in [-0.25, -0.2) is 0 Å². The van der Waals surface area contributed by atoms with Crippen LogP contribution in [0.15, 0.2) is 6.20 Å². The third kappa shape index (κ3) is 6.08. The minimum atomic E-state index is -0.334. The Kier molecular flexibility index (Phi) is 8.59. The van der Waals surface area contributed by atoms with Crippen LogP contribution < -0.4 is 0 Å².